The molecule has 0 unspecified atom stereocenters. The quantitative estimate of drug-likeness (QED) is 0.586. The first-order valence-corrected chi connectivity index (χ1v) is 9.88. The molecular weight excluding hydrogens is 370 g/mol. The number of rotatable bonds is 5. The zero-order valence-corrected chi connectivity index (χ0v) is 15.5. The highest BCUT2D eigenvalue weighted by atomic mass is 32.2. The highest BCUT2D eigenvalue weighted by Crippen LogP contribution is 2.32. The zero-order valence-electron chi connectivity index (χ0n) is 14.6. The topological polar surface area (TPSA) is 125 Å². The number of nitrogens with zero attached hydrogens (tertiary/aromatic N) is 4. The molecule has 10 nitrogen and oxygen atoms in total. The number of imidazole rings is 1. The van der Waals surface area contributed by atoms with Crippen LogP contribution in [0, 0.1) is 0 Å². The summed E-state index contributed by atoms with van der Waals surface area (Å²) in [6, 6.07) is 4.98. The van der Waals surface area contributed by atoms with Crippen molar-refractivity contribution in [3.63, 3.8) is 0 Å². The van der Waals surface area contributed by atoms with E-state index in [2.05, 4.69) is 34.9 Å². The predicted molar refractivity (Wildman–Crippen MR) is 101 cm³/mol. The molecule has 27 heavy (non-hydrogen) atoms. The van der Waals surface area contributed by atoms with Crippen LogP contribution in [0.25, 0.3) is 11.2 Å². The molecule has 4 rings (SSSR count). The van der Waals surface area contributed by atoms with Crippen LogP contribution < -0.4 is 14.9 Å². The van der Waals surface area contributed by atoms with E-state index in [1.54, 1.807) is 18.2 Å². The van der Waals surface area contributed by atoms with Crippen LogP contribution in [0.3, 0.4) is 0 Å². The van der Waals surface area contributed by atoms with Crippen LogP contribution in [-0.4, -0.2) is 61.7 Å². The Hall–Kier alpha value is -2.76. The van der Waals surface area contributed by atoms with Crippen LogP contribution in [0.2, 0.25) is 0 Å². The van der Waals surface area contributed by atoms with Gasteiger partial charge in [-0.3, -0.25) is 0 Å². The number of ether oxygens (including phenoxy) is 1. The van der Waals surface area contributed by atoms with Crippen molar-refractivity contribution in [1.29, 1.82) is 0 Å². The lowest BCUT2D eigenvalue weighted by Crippen LogP contribution is -2.36. The lowest BCUT2D eigenvalue weighted by Gasteiger charge is -2.31. The second kappa shape index (κ2) is 7.10. The molecule has 3 aromatic rings. The van der Waals surface area contributed by atoms with Crippen molar-refractivity contribution < 1.29 is 13.2 Å². The maximum Gasteiger partial charge on any atom is 0.240 e. The first-order chi connectivity index (χ1) is 13.1. The Bertz CT molecular complexity index is 1060. The summed E-state index contributed by atoms with van der Waals surface area (Å²) in [5.41, 5.74) is 2.68. The van der Waals surface area contributed by atoms with Crippen molar-refractivity contribution in [1.82, 2.24) is 24.7 Å². The van der Waals surface area contributed by atoms with E-state index in [4.69, 9.17) is 4.74 Å². The van der Waals surface area contributed by atoms with Crippen LogP contribution >= 0.6 is 0 Å². The molecule has 0 amide bonds. The molecule has 1 aliphatic rings. The van der Waals surface area contributed by atoms with Gasteiger partial charge >= 0.3 is 0 Å². The van der Waals surface area contributed by atoms with Crippen molar-refractivity contribution in [3.8, 4) is 0 Å². The molecule has 1 aliphatic heterocycles. The van der Waals surface area contributed by atoms with E-state index in [0.717, 1.165) is 18.8 Å². The van der Waals surface area contributed by atoms with Gasteiger partial charge in [0.1, 0.15) is 11.8 Å². The third kappa shape index (κ3) is 3.44. The van der Waals surface area contributed by atoms with Gasteiger partial charge in [-0.15, -0.1) is 0 Å². The standard InChI is InChI=1S/C16H19N7O3S/c1-17-27(24,25)11-2-3-13(23-4-6-26-7-5-23)12(8-11)22-16-14-15(19-9-18-14)20-10-21-16/h2-3,8-10,17H,4-7H2,1H3,(H2,18,19,20,21,22). The maximum atomic E-state index is 12.2. The van der Waals surface area contributed by atoms with Gasteiger partial charge in [-0.2, -0.15) is 0 Å². The summed E-state index contributed by atoms with van der Waals surface area (Å²) in [6.07, 6.45) is 2.95. The van der Waals surface area contributed by atoms with Gasteiger partial charge in [0.05, 0.1) is 35.8 Å². The monoisotopic (exact) mass is 389 g/mol. The fraction of sp³-hybridized carbons (Fsp3) is 0.312. The van der Waals surface area contributed by atoms with Gasteiger partial charge < -0.3 is 19.9 Å². The lowest BCUT2D eigenvalue weighted by atomic mass is 10.2. The van der Waals surface area contributed by atoms with Gasteiger partial charge in [0.15, 0.2) is 11.5 Å². The fourth-order valence-corrected chi connectivity index (χ4v) is 3.72. The average molecular weight is 389 g/mol. The number of hydrogen-bond acceptors (Lipinski definition) is 8. The van der Waals surface area contributed by atoms with E-state index in [9.17, 15) is 8.42 Å². The van der Waals surface area contributed by atoms with Gasteiger partial charge in [0.2, 0.25) is 10.0 Å². The summed E-state index contributed by atoms with van der Waals surface area (Å²) in [5.74, 6) is 0.519. The molecule has 0 spiro atoms. The number of anilines is 3. The van der Waals surface area contributed by atoms with Gasteiger partial charge in [0, 0.05) is 13.1 Å². The third-order valence-electron chi connectivity index (χ3n) is 4.37. The van der Waals surface area contributed by atoms with Crippen molar-refractivity contribution in [2.75, 3.05) is 43.6 Å². The van der Waals surface area contributed by atoms with E-state index in [0.29, 0.717) is 35.9 Å². The Morgan fingerprint density at radius 3 is 2.78 bits per heavy atom. The van der Waals surface area contributed by atoms with Crippen molar-refractivity contribution in [2.24, 2.45) is 0 Å². The molecular formula is C16H19N7O3S. The first-order valence-electron chi connectivity index (χ1n) is 8.40. The molecule has 11 heteroatoms. The number of sulfonamides is 1. The lowest BCUT2D eigenvalue weighted by molar-refractivity contribution is 0.123. The number of aromatic amines is 1. The van der Waals surface area contributed by atoms with Gasteiger partial charge in [0.25, 0.3) is 0 Å². The minimum atomic E-state index is -3.58. The van der Waals surface area contributed by atoms with Crippen LogP contribution in [0.5, 0.6) is 0 Å². The van der Waals surface area contributed by atoms with Gasteiger partial charge in [-0.1, -0.05) is 0 Å². The molecule has 0 radical (unpaired) electrons. The van der Waals surface area contributed by atoms with E-state index in [-0.39, 0.29) is 4.90 Å². The number of fused-ring (bicyclic) bond motifs is 1. The average Bonchev–Trinajstić information content (AvgIpc) is 3.18. The van der Waals surface area contributed by atoms with Crippen molar-refractivity contribution in [3.05, 3.63) is 30.9 Å². The van der Waals surface area contributed by atoms with Crippen LogP contribution in [0.4, 0.5) is 17.2 Å². The number of H-pyrrole nitrogens is 1. The molecule has 0 aliphatic carbocycles. The highest BCUT2D eigenvalue weighted by Gasteiger charge is 2.20. The van der Waals surface area contributed by atoms with Gasteiger partial charge in [-0.05, 0) is 25.2 Å². The largest absolute Gasteiger partial charge is 0.378 e. The maximum absolute atomic E-state index is 12.2. The molecule has 0 bridgehead atoms. The SMILES string of the molecule is CNS(=O)(=O)c1ccc(N2CCOCC2)c(Nc2ncnc3nc[nH]c23)c1. The van der Waals surface area contributed by atoms with Crippen molar-refractivity contribution >= 4 is 38.4 Å². The second-order valence-corrected chi connectivity index (χ2v) is 7.82. The number of benzene rings is 1. The molecule has 1 saturated heterocycles. The van der Waals surface area contributed by atoms with Gasteiger partial charge in [-0.25, -0.2) is 28.1 Å². The summed E-state index contributed by atoms with van der Waals surface area (Å²) in [4.78, 5) is 17.8. The Labute approximate surface area is 156 Å². The molecule has 2 aromatic heterocycles. The number of hydrogen-bond donors (Lipinski definition) is 3. The number of morpholine rings is 1. The Kier molecular flexibility index (Phi) is 4.64. The second-order valence-electron chi connectivity index (χ2n) is 5.93. The number of nitrogens with one attached hydrogen (secondary N) is 3. The minimum Gasteiger partial charge on any atom is -0.378 e. The minimum absolute atomic E-state index is 0.166. The summed E-state index contributed by atoms with van der Waals surface area (Å²) in [6.45, 7) is 2.68. The molecule has 3 heterocycles. The van der Waals surface area contributed by atoms with E-state index in [1.165, 1.54) is 19.7 Å². The molecule has 3 N–H and O–H groups in total. The summed E-state index contributed by atoms with van der Waals surface area (Å²) in [7, 11) is -2.19. The molecule has 0 atom stereocenters. The molecule has 142 valence electrons. The fourth-order valence-electron chi connectivity index (χ4n) is 2.97. The third-order valence-corrected chi connectivity index (χ3v) is 5.79. The smallest absolute Gasteiger partial charge is 0.240 e. The summed E-state index contributed by atoms with van der Waals surface area (Å²) in [5, 5.41) is 3.24. The van der Waals surface area contributed by atoms with Crippen LogP contribution in [-0.2, 0) is 14.8 Å². The van der Waals surface area contributed by atoms with E-state index in [1.807, 2.05) is 0 Å². The molecule has 1 aromatic carbocycles. The van der Waals surface area contributed by atoms with Crippen LogP contribution in [0.15, 0.2) is 35.7 Å². The first kappa shape index (κ1) is 17.6. The summed E-state index contributed by atoms with van der Waals surface area (Å²) < 4.78 is 32.3. The Morgan fingerprint density at radius 2 is 2.00 bits per heavy atom. The van der Waals surface area contributed by atoms with E-state index < -0.39 is 10.0 Å². The normalized spacial score (nSPS) is 15.2. The molecule has 0 saturated carbocycles. The van der Waals surface area contributed by atoms with Crippen molar-refractivity contribution in [2.45, 2.75) is 4.90 Å². The van der Waals surface area contributed by atoms with E-state index >= 15 is 0 Å². The number of aromatic nitrogens is 4. The predicted octanol–water partition coefficient (Wildman–Crippen LogP) is 0.841. The Balaban J connectivity index is 1.79. The summed E-state index contributed by atoms with van der Waals surface area (Å²) >= 11 is 0. The molecule has 1 fully saturated rings. The van der Waals surface area contributed by atoms with Crippen LogP contribution in [0.1, 0.15) is 0 Å². The zero-order chi connectivity index (χ0) is 18.9. The Morgan fingerprint density at radius 1 is 1.19 bits per heavy atom. The highest BCUT2D eigenvalue weighted by molar-refractivity contribution is 7.89.